The number of hydrogen-bond donors (Lipinski definition) is 0. The third kappa shape index (κ3) is 4.05. The van der Waals surface area contributed by atoms with E-state index in [4.69, 9.17) is 9.26 Å². The van der Waals surface area contributed by atoms with E-state index in [-0.39, 0.29) is 0 Å². The lowest BCUT2D eigenvalue weighted by Crippen LogP contribution is -2.51. The van der Waals surface area contributed by atoms with Gasteiger partial charge in [0.25, 0.3) is 0 Å². The second-order valence-corrected chi connectivity index (χ2v) is 5.96. The van der Waals surface area contributed by atoms with Gasteiger partial charge in [-0.05, 0) is 19.9 Å². The van der Waals surface area contributed by atoms with Gasteiger partial charge in [-0.15, -0.1) is 0 Å². The van der Waals surface area contributed by atoms with Crippen molar-refractivity contribution in [3.05, 3.63) is 35.6 Å². The van der Waals surface area contributed by atoms with E-state index in [0.717, 1.165) is 38.4 Å². The van der Waals surface area contributed by atoms with Crippen molar-refractivity contribution < 1.29 is 9.26 Å². The van der Waals surface area contributed by atoms with E-state index in [2.05, 4.69) is 31.8 Å². The van der Waals surface area contributed by atoms with E-state index in [1.54, 1.807) is 7.11 Å². The molecule has 0 bridgehead atoms. The predicted molar refractivity (Wildman–Crippen MR) is 85.0 cm³/mol. The van der Waals surface area contributed by atoms with Gasteiger partial charge in [0.2, 0.25) is 11.8 Å². The zero-order valence-electron chi connectivity index (χ0n) is 13.9. The Bertz CT molecular complexity index is 645. The molecule has 1 aliphatic heterocycles. The van der Waals surface area contributed by atoms with Gasteiger partial charge < -0.3 is 9.26 Å². The van der Waals surface area contributed by atoms with Crippen molar-refractivity contribution in [2.24, 2.45) is 0 Å². The summed E-state index contributed by atoms with van der Waals surface area (Å²) in [7, 11) is 1.65. The van der Waals surface area contributed by atoms with Crippen LogP contribution in [0.1, 0.15) is 24.3 Å². The van der Waals surface area contributed by atoms with Crippen molar-refractivity contribution in [3.63, 3.8) is 0 Å². The molecule has 7 nitrogen and oxygen atoms in total. The van der Waals surface area contributed by atoms with Gasteiger partial charge in [0.05, 0.1) is 19.3 Å². The molecule has 1 saturated heterocycles. The van der Waals surface area contributed by atoms with Crippen molar-refractivity contribution in [1.82, 2.24) is 24.9 Å². The van der Waals surface area contributed by atoms with Crippen molar-refractivity contribution >= 4 is 0 Å². The molecule has 0 N–H and O–H groups in total. The van der Waals surface area contributed by atoms with E-state index in [9.17, 15) is 0 Å². The average molecular weight is 317 g/mol. The number of rotatable bonds is 5. The van der Waals surface area contributed by atoms with Gasteiger partial charge in [0.15, 0.2) is 5.82 Å². The van der Waals surface area contributed by atoms with E-state index in [1.165, 1.54) is 0 Å². The number of hydrogen-bond acceptors (Lipinski definition) is 7. The average Bonchev–Trinajstić information content (AvgIpc) is 2.95. The number of ether oxygens (including phenoxy) is 1. The number of aromatic nitrogens is 3. The van der Waals surface area contributed by atoms with Crippen molar-refractivity contribution in [2.45, 2.75) is 33.0 Å². The molecule has 1 fully saturated rings. The summed E-state index contributed by atoms with van der Waals surface area (Å²) in [5, 5.41) is 3.84. The maximum absolute atomic E-state index is 5.21. The lowest BCUT2D eigenvalue weighted by molar-refractivity contribution is 0.0658. The Kier molecular flexibility index (Phi) is 4.88. The number of pyridine rings is 1. The molecule has 1 aliphatic rings. The molecule has 23 heavy (non-hydrogen) atoms. The fraction of sp³-hybridized carbons (Fsp3) is 0.562. The highest BCUT2D eigenvalue weighted by molar-refractivity contribution is 5.15. The molecule has 0 spiro atoms. The minimum atomic E-state index is 0.445. The quantitative estimate of drug-likeness (QED) is 0.827. The summed E-state index contributed by atoms with van der Waals surface area (Å²) in [4.78, 5) is 13.6. The summed E-state index contributed by atoms with van der Waals surface area (Å²) >= 11 is 0. The minimum Gasteiger partial charge on any atom is -0.481 e. The summed E-state index contributed by atoms with van der Waals surface area (Å²) in [6.07, 6.45) is 0. The van der Waals surface area contributed by atoms with E-state index in [0.29, 0.717) is 23.6 Å². The van der Waals surface area contributed by atoms with Crippen LogP contribution in [0, 0.1) is 6.92 Å². The van der Waals surface area contributed by atoms with E-state index < -0.39 is 0 Å². The van der Waals surface area contributed by atoms with Crippen molar-refractivity contribution in [2.75, 3.05) is 26.7 Å². The highest BCUT2D eigenvalue weighted by Gasteiger charge is 2.25. The molecule has 1 atom stereocenters. The lowest BCUT2D eigenvalue weighted by atomic mass is 10.1. The molecule has 3 rings (SSSR count). The Morgan fingerprint density at radius 1 is 1.26 bits per heavy atom. The summed E-state index contributed by atoms with van der Waals surface area (Å²) < 4.78 is 10.4. The van der Waals surface area contributed by atoms with E-state index >= 15 is 0 Å². The number of methoxy groups -OCH3 is 1. The van der Waals surface area contributed by atoms with Crippen LogP contribution in [0.2, 0.25) is 0 Å². The summed E-state index contributed by atoms with van der Waals surface area (Å²) in [6.45, 7) is 8.59. The first-order chi connectivity index (χ1) is 11.1. The van der Waals surface area contributed by atoms with Gasteiger partial charge in [-0.1, -0.05) is 11.2 Å². The van der Waals surface area contributed by atoms with Crippen LogP contribution >= 0.6 is 0 Å². The summed E-state index contributed by atoms with van der Waals surface area (Å²) in [5.41, 5.74) is 1.04. The molecule has 7 heteroatoms. The first-order valence-electron chi connectivity index (χ1n) is 7.89. The van der Waals surface area contributed by atoms with Crippen LogP contribution in [0.15, 0.2) is 22.7 Å². The molecule has 0 aromatic carbocycles. The molecule has 0 saturated carbocycles. The van der Waals surface area contributed by atoms with Crippen LogP contribution in [0.5, 0.6) is 5.88 Å². The highest BCUT2D eigenvalue weighted by Crippen LogP contribution is 2.16. The van der Waals surface area contributed by atoms with Gasteiger partial charge in [0, 0.05) is 38.3 Å². The fourth-order valence-electron chi connectivity index (χ4n) is 2.91. The fourth-order valence-corrected chi connectivity index (χ4v) is 2.91. The number of piperazine rings is 1. The molecule has 0 aliphatic carbocycles. The van der Waals surface area contributed by atoms with Crippen LogP contribution < -0.4 is 4.74 Å². The lowest BCUT2D eigenvalue weighted by Gasteiger charge is -2.39. The smallest absolute Gasteiger partial charge is 0.240 e. The van der Waals surface area contributed by atoms with Crippen LogP contribution in [0.25, 0.3) is 0 Å². The van der Waals surface area contributed by atoms with E-state index in [1.807, 2.05) is 25.1 Å². The predicted octanol–water partition coefficient (Wildman–Crippen LogP) is 1.49. The third-order valence-corrected chi connectivity index (χ3v) is 4.13. The monoisotopic (exact) mass is 317 g/mol. The largest absolute Gasteiger partial charge is 0.481 e. The highest BCUT2D eigenvalue weighted by atomic mass is 16.5. The number of aryl methyl sites for hydroxylation is 1. The zero-order valence-corrected chi connectivity index (χ0v) is 13.9. The van der Waals surface area contributed by atoms with Gasteiger partial charge >= 0.3 is 0 Å². The van der Waals surface area contributed by atoms with Crippen LogP contribution in [0.4, 0.5) is 0 Å². The van der Waals surface area contributed by atoms with Crippen molar-refractivity contribution in [3.8, 4) is 5.88 Å². The van der Waals surface area contributed by atoms with Crippen LogP contribution in [0.3, 0.4) is 0 Å². The Labute approximate surface area is 136 Å². The number of nitrogens with zero attached hydrogens (tertiary/aromatic N) is 5. The Morgan fingerprint density at radius 2 is 2.13 bits per heavy atom. The topological polar surface area (TPSA) is 67.5 Å². The summed E-state index contributed by atoms with van der Waals surface area (Å²) in [6, 6.07) is 6.35. The molecule has 2 aromatic heterocycles. The van der Waals surface area contributed by atoms with Crippen LogP contribution in [-0.4, -0.2) is 57.7 Å². The molecule has 0 amide bonds. The van der Waals surface area contributed by atoms with Gasteiger partial charge in [0.1, 0.15) is 0 Å². The van der Waals surface area contributed by atoms with Gasteiger partial charge in [-0.3, -0.25) is 9.80 Å². The van der Waals surface area contributed by atoms with Gasteiger partial charge in [-0.25, -0.2) is 4.98 Å². The molecule has 1 unspecified atom stereocenters. The van der Waals surface area contributed by atoms with Crippen LogP contribution in [-0.2, 0) is 13.1 Å². The van der Waals surface area contributed by atoms with Crippen molar-refractivity contribution in [1.29, 1.82) is 0 Å². The Morgan fingerprint density at radius 3 is 2.83 bits per heavy atom. The Hall–Kier alpha value is -1.99. The molecule has 3 heterocycles. The second-order valence-electron chi connectivity index (χ2n) is 5.96. The second kappa shape index (κ2) is 7.06. The minimum absolute atomic E-state index is 0.445. The first-order valence-corrected chi connectivity index (χ1v) is 7.89. The molecular weight excluding hydrogens is 294 g/mol. The maximum atomic E-state index is 5.21. The maximum Gasteiger partial charge on any atom is 0.240 e. The molecule has 2 aromatic rings. The Balaban J connectivity index is 1.55. The third-order valence-electron chi connectivity index (χ3n) is 4.13. The molecule has 124 valence electrons. The SMILES string of the molecule is COc1cccc(CN2CCN(Cc3nc(C)no3)CC2C)n1. The standard InChI is InChI=1S/C16H23N5O2/c1-12-9-20(11-16-17-13(2)19-23-16)7-8-21(12)10-14-5-4-6-15(18-14)22-3/h4-6,12H,7-11H2,1-3H3. The van der Waals surface area contributed by atoms with Gasteiger partial charge in [-0.2, -0.15) is 4.98 Å². The molecular formula is C16H23N5O2. The first kappa shape index (κ1) is 15.9. The normalized spacial score (nSPS) is 19.9. The summed E-state index contributed by atoms with van der Waals surface area (Å²) in [5.74, 6) is 2.05. The zero-order chi connectivity index (χ0) is 16.2. The molecule has 0 radical (unpaired) electrons.